The summed E-state index contributed by atoms with van der Waals surface area (Å²) in [7, 11) is 1.90. The van der Waals surface area contributed by atoms with Crippen LogP contribution in [0.3, 0.4) is 0 Å². The summed E-state index contributed by atoms with van der Waals surface area (Å²) in [6.07, 6.45) is 0.771. The summed E-state index contributed by atoms with van der Waals surface area (Å²) < 4.78 is 6.28. The molecule has 0 aliphatic rings. The SMILES string of the molecule is CNCCc1noc(-c2ccc(C)c(Br)c2)n1. The molecule has 0 fully saturated rings. The molecule has 2 rings (SSSR count). The second kappa shape index (κ2) is 5.42. The number of nitrogens with one attached hydrogen (secondary N) is 1. The molecule has 17 heavy (non-hydrogen) atoms. The van der Waals surface area contributed by atoms with E-state index in [2.05, 4.69) is 31.4 Å². The van der Waals surface area contributed by atoms with E-state index in [1.165, 1.54) is 5.56 Å². The summed E-state index contributed by atoms with van der Waals surface area (Å²) >= 11 is 3.49. The average molecular weight is 296 g/mol. The number of nitrogens with zero attached hydrogens (tertiary/aromatic N) is 2. The van der Waals surface area contributed by atoms with Crippen molar-refractivity contribution in [1.29, 1.82) is 0 Å². The molecule has 0 aliphatic carbocycles. The van der Waals surface area contributed by atoms with Crippen molar-refractivity contribution in [2.24, 2.45) is 0 Å². The van der Waals surface area contributed by atoms with Gasteiger partial charge in [-0.15, -0.1) is 0 Å². The molecule has 0 radical (unpaired) electrons. The number of likely N-dealkylation sites (N-methyl/N-ethyl adjacent to an activating group) is 1. The first-order valence-electron chi connectivity index (χ1n) is 5.44. The second-order valence-electron chi connectivity index (χ2n) is 3.83. The molecule has 90 valence electrons. The molecular weight excluding hydrogens is 282 g/mol. The Bertz CT molecular complexity index is 510. The van der Waals surface area contributed by atoms with Gasteiger partial charge < -0.3 is 9.84 Å². The minimum absolute atomic E-state index is 0.566. The molecule has 2 aromatic rings. The van der Waals surface area contributed by atoms with Gasteiger partial charge in [-0.3, -0.25) is 0 Å². The van der Waals surface area contributed by atoms with E-state index >= 15 is 0 Å². The maximum absolute atomic E-state index is 5.23. The first-order chi connectivity index (χ1) is 8.20. The Morgan fingerprint density at radius 2 is 2.24 bits per heavy atom. The van der Waals surface area contributed by atoms with Crippen molar-refractivity contribution in [2.75, 3.05) is 13.6 Å². The number of hydrogen-bond acceptors (Lipinski definition) is 4. The van der Waals surface area contributed by atoms with Crippen LogP contribution in [0.4, 0.5) is 0 Å². The summed E-state index contributed by atoms with van der Waals surface area (Å²) in [5.74, 6) is 1.29. The normalized spacial score (nSPS) is 10.8. The summed E-state index contributed by atoms with van der Waals surface area (Å²) in [4.78, 5) is 4.35. The van der Waals surface area contributed by atoms with Crippen molar-refractivity contribution in [3.63, 3.8) is 0 Å². The summed E-state index contributed by atoms with van der Waals surface area (Å²) in [6, 6.07) is 6.00. The van der Waals surface area contributed by atoms with Crippen LogP contribution in [-0.4, -0.2) is 23.7 Å². The summed E-state index contributed by atoms with van der Waals surface area (Å²) in [5.41, 5.74) is 2.12. The van der Waals surface area contributed by atoms with E-state index in [9.17, 15) is 0 Å². The smallest absolute Gasteiger partial charge is 0.257 e. The lowest BCUT2D eigenvalue weighted by atomic mass is 10.1. The predicted molar refractivity (Wildman–Crippen MR) is 69.8 cm³/mol. The third kappa shape index (κ3) is 2.92. The van der Waals surface area contributed by atoms with Crippen LogP contribution < -0.4 is 5.32 Å². The molecule has 1 heterocycles. The monoisotopic (exact) mass is 295 g/mol. The maximum Gasteiger partial charge on any atom is 0.257 e. The van der Waals surface area contributed by atoms with Crippen LogP contribution in [0.25, 0.3) is 11.5 Å². The summed E-state index contributed by atoms with van der Waals surface area (Å²) in [5, 5.41) is 6.99. The van der Waals surface area contributed by atoms with Crippen molar-refractivity contribution in [3.05, 3.63) is 34.1 Å². The highest BCUT2D eigenvalue weighted by atomic mass is 79.9. The topological polar surface area (TPSA) is 51.0 Å². The zero-order valence-corrected chi connectivity index (χ0v) is 11.4. The average Bonchev–Trinajstić information content (AvgIpc) is 2.79. The first kappa shape index (κ1) is 12.3. The van der Waals surface area contributed by atoms with Gasteiger partial charge in [0.2, 0.25) is 0 Å². The highest BCUT2D eigenvalue weighted by Gasteiger charge is 2.09. The van der Waals surface area contributed by atoms with Gasteiger partial charge in [0, 0.05) is 23.0 Å². The molecule has 0 atom stereocenters. The van der Waals surface area contributed by atoms with Gasteiger partial charge in [-0.2, -0.15) is 4.98 Å². The maximum atomic E-state index is 5.23. The van der Waals surface area contributed by atoms with E-state index in [0.29, 0.717) is 5.89 Å². The molecule has 5 heteroatoms. The Labute approximate surface area is 109 Å². The Kier molecular flexibility index (Phi) is 3.91. The van der Waals surface area contributed by atoms with Crippen LogP contribution in [-0.2, 0) is 6.42 Å². The number of aromatic nitrogens is 2. The molecule has 1 aromatic carbocycles. The van der Waals surface area contributed by atoms with Crippen LogP contribution in [0.5, 0.6) is 0 Å². The second-order valence-corrected chi connectivity index (χ2v) is 4.69. The molecule has 1 N–H and O–H groups in total. The molecule has 0 saturated carbocycles. The highest BCUT2D eigenvalue weighted by molar-refractivity contribution is 9.10. The molecule has 0 saturated heterocycles. The van der Waals surface area contributed by atoms with Crippen LogP contribution in [0.1, 0.15) is 11.4 Å². The van der Waals surface area contributed by atoms with Gasteiger partial charge in [-0.1, -0.05) is 27.2 Å². The lowest BCUT2D eigenvalue weighted by Crippen LogP contribution is -2.10. The standard InChI is InChI=1S/C12H14BrN3O/c1-8-3-4-9(7-10(8)13)12-15-11(16-17-12)5-6-14-2/h3-4,7,14H,5-6H2,1-2H3. The molecule has 0 unspecified atom stereocenters. The number of aryl methyl sites for hydroxylation is 1. The number of rotatable bonds is 4. The number of halogens is 1. The van der Waals surface area contributed by atoms with E-state index in [1.807, 2.05) is 32.2 Å². The van der Waals surface area contributed by atoms with Crippen molar-refractivity contribution in [3.8, 4) is 11.5 Å². The van der Waals surface area contributed by atoms with Crippen molar-refractivity contribution >= 4 is 15.9 Å². The van der Waals surface area contributed by atoms with Gasteiger partial charge in [0.15, 0.2) is 5.82 Å². The molecule has 0 aliphatic heterocycles. The Morgan fingerprint density at radius 3 is 2.94 bits per heavy atom. The number of benzene rings is 1. The quantitative estimate of drug-likeness (QED) is 0.942. The Morgan fingerprint density at radius 1 is 1.41 bits per heavy atom. The van der Waals surface area contributed by atoms with Gasteiger partial charge in [-0.25, -0.2) is 0 Å². The van der Waals surface area contributed by atoms with Crippen LogP contribution in [0.15, 0.2) is 27.2 Å². The van der Waals surface area contributed by atoms with Gasteiger partial charge >= 0.3 is 0 Å². The number of hydrogen-bond donors (Lipinski definition) is 1. The Balaban J connectivity index is 2.21. The fraction of sp³-hybridized carbons (Fsp3) is 0.333. The largest absolute Gasteiger partial charge is 0.334 e. The van der Waals surface area contributed by atoms with Gasteiger partial charge in [0.25, 0.3) is 5.89 Å². The molecule has 0 bridgehead atoms. The van der Waals surface area contributed by atoms with Crippen LogP contribution >= 0.6 is 15.9 Å². The highest BCUT2D eigenvalue weighted by Crippen LogP contribution is 2.24. The molecule has 1 aromatic heterocycles. The molecule has 0 spiro atoms. The van der Waals surface area contributed by atoms with Crippen LogP contribution in [0, 0.1) is 6.92 Å². The lowest BCUT2D eigenvalue weighted by molar-refractivity contribution is 0.422. The fourth-order valence-corrected chi connectivity index (χ4v) is 1.81. The molecule has 4 nitrogen and oxygen atoms in total. The predicted octanol–water partition coefficient (Wildman–Crippen LogP) is 2.57. The lowest BCUT2D eigenvalue weighted by Gasteiger charge is -1.99. The van der Waals surface area contributed by atoms with E-state index in [4.69, 9.17) is 4.52 Å². The zero-order chi connectivity index (χ0) is 12.3. The van der Waals surface area contributed by atoms with Crippen molar-refractivity contribution in [1.82, 2.24) is 15.5 Å². The third-order valence-corrected chi connectivity index (χ3v) is 3.34. The Hall–Kier alpha value is -1.20. The van der Waals surface area contributed by atoms with Gasteiger partial charge in [0.05, 0.1) is 0 Å². The van der Waals surface area contributed by atoms with Crippen molar-refractivity contribution < 1.29 is 4.52 Å². The van der Waals surface area contributed by atoms with E-state index in [0.717, 1.165) is 28.8 Å². The van der Waals surface area contributed by atoms with Gasteiger partial charge in [0.1, 0.15) is 0 Å². The van der Waals surface area contributed by atoms with Crippen LogP contribution in [0.2, 0.25) is 0 Å². The van der Waals surface area contributed by atoms with Crippen molar-refractivity contribution in [2.45, 2.75) is 13.3 Å². The van der Waals surface area contributed by atoms with E-state index in [1.54, 1.807) is 0 Å². The minimum Gasteiger partial charge on any atom is -0.334 e. The first-order valence-corrected chi connectivity index (χ1v) is 6.23. The van der Waals surface area contributed by atoms with E-state index < -0.39 is 0 Å². The van der Waals surface area contributed by atoms with E-state index in [-0.39, 0.29) is 0 Å². The summed E-state index contributed by atoms with van der Waals surface area (Å²) in [6.45, 7) is 2.89. The van der Waals surface area contributed by atoms with Gasteiger partial charge in [-0.05, 0) is 31.7 Å². The zero-order valence-electron chi connectivity index (χ0n) is 9.83. The minimum atomic E-state index is 0.566. The third-order valence-electron chi connectivity index (χ3n) is 2.49. The molecule has 0 amide bonds. The fourth-order valence-electron chi connectivity index (χ4n) is 1.44. The molecular formula is C12H14BrN3O.